The number of ether oxygens (including phenoxy) is 1. The highest BCUT2D eigenvalue weighted by atomic mass is 16.5. The second-order valence-corrected chi connectivity index (χ2v) is 4.02. The molecule has 0 aliphatic heterocycles. The van der Waals surface area contributed by atoms with Gasteiger partial charge in [0.05, 0.1) is 12.7 Å². The number of hydrogen-bond donors (Lipinski definition) is 1. The van der Waals surface area contributed by atoms with Gasteiger partial charge in [-0.2, -0.15) is 10.2 Å². The number of nitrogens with one attached hydrogen (secondary N) is 1. The molecule has 0 bridgehead atoms. The highest BCUT2D eigenvalue weighted by Gasteiger charge is 2.14. The molecule has 2 aromatic heterocycles. The van der Waals surface area contributed by atoms with Gasteiger partial charge < -0.3 is 14.2 Å². The summed E-state index contributed by atoms with van der Waals surface area (Å²) in [4.78, 5) is 7.19. The molecule has 6 nitrogen and oxygen atoms in total. The number of hydrogen-bond acceptors (Lipinski definition) is 5. The second-order valence-electron chi connectivity index (χ2n) is 4.02. The van der Waals surface area contributed by atoms with E-state index in [4.69, 9.17) is 14.5 Å². The summed E-state index contributed by atoms with van der Waals surface area (Å²) in [6.45, 7) is 0. The molecule has 2 heterocycles. The van der Waals surface area contributed by atoms with E-state index in [0.29, 0.717) is 28.9 Å². The van der Waals surface area contributed by atoms with Gasteiger partial charge in [0.2, 0.25) is 5.82 Å². The van der Waals surface area contributed by atoms with Crippen LogP contribution in [0.3, 0.4) is 0 Å². The number of nitriles is 1. The number of aromatic nitrogens is 3. The van der Waals surface area contributed by atoms with Crippen LogP contribution < -0.4 is 4.74 Å². The van der Waals surface area contributed by atoms with Crippen LogP contribution in [0.25, 0.3) is 23.0 Å². The van der Waals surface area contributed by atoms with E-state index in [1.165, 1.54) is 0 Å². The molecule has 3 aromatic rings. The maximum atomic E-state index is 8.78. The van der Waals surface area contributed by atoms with E-state index in [-0.39, 0.29) is 0 Å². The topological polar surface area (TPSA) is 87.7 Å². The summed E-state index contributed by atoms with van der Waals surface area (Å²) < 4.78 is 10.5. The fourth-order valence-corrected chi connectivity index (χ4v) is 1.86. The lowest BCUT2D eigenvalue weighted by atomic mass is 10.2. The fourth-order valence-electron chi connectivity index (χ4n) is 1.86. The lowest BCUT2D eigenvalue weighted by molar-refractivity contribution is 0.413. The first-order valence-electron chi connectivity index (χ1n) is 5.88. The summed E-state index contributed by atoms with van der Waals surface area (Å²) in [6, 6.07) is 12.8. The maximum Gasteiger partial charge on any atom is 0.274 e. The van der Waals surface area contributed by atoms with E-state index in [2.05, 4.69) is 15.1 Å². The van der Waals surface area contributed by atoms with Gasteiger partial charge in [0.25, 0.3) is 5.89 Å². The SMILES string of the molecule is COc1ccccc1-c1noc(-c2ccc(C#N)[nH]2)n1. The van der Waals surface area contributed by atoms with Crippen molar-refractivity contribution in [1.82, 2.24) is 15.1 Å². The molecule has 0 aliphatic rings. The first-order valence-corrected chi connectivity index (χ1v) is 5.88. The Morgan fingerprint density at radius 2 is 2.10 bits per heavy atom. The molecular weight excluding hydrogens is 256 g/mol. The molecule has 0 spiro atoms. The average molecular weight is 266 g/mol. The summed E-state index contributed by atoms with van der Waals surface area (Å²) in [5, 5.41) is 12.7. The summed E-state index contributed by atoms with van der Waals surface area (Å²) in [7, 11) is 1.59. The highest BCUT2D eigenvalue weighted by Crippen LogP contribution is 2.28. The van der Waals surface area contributed by atoms with Crippen molar-refractivity contribution in [3.63, 3.8) is 0 Å². The monoisotopic (exact) mass is 266 g/mol. The third-order valence-electron chi connectivity index (χ3n) is 2.81. The van der Waals surface area contributed by atoms with Crippen molar-refractivity contribution in [3.05, 3.63) is 42.1 Å². The zero-order valence-corrected chi connectivity index (χ0v) is 10.6. The number of rotatable bonds is 3. The van der Waals surface area contributed by atoms with Gasteiger partial charge in [-0.1, -0.05) is 17.3 Å². The molecule has 0 saturated heterocycles. The molecular formula is C14H10N4O2. The number of benzene rings is 1. The summed E-state index contributed by atoms with van der Waals surface area (Å²) in [6.07, 6.45) is 0. The Hall–Kier alpha value is -3.07. The van der Waals surface area contributed by atoms with Crippen molar-refractivity contribution in [3.8, 4) is 34.8 Å². The smallest absolute Gasteiger partial charge is 0.274 e. The van der Waals surface area contributed by atoms with Crippen LogP contribution in [-0.2, 0) is 0 Å². The largest absolute Gasteiger partial charge is 0.496 e. The zero-order valence-electron chi connectivity index (χ0n) is 10.6. The first-order chi connectivity index (χ1) is 9.81. The number of H-pyrrole nitrogens is 1. The minimum atomic E-state index is 0.326. The number of nitrogens with zero attached hydrogens (tertiary/aromatic N) is 3. The van der Waals surface area contributed by atoms with Gasteiger partial charge in [-0.25, -0.2) is 0 Å². The summed E-state index contributed by atoms with van der Waals surface area (Å²) in [5.41, 5.74) is 1.80. The van der Waals surface area contributed by atoms with E-state index in [9.17, 15) is 0 Å². The van der Waals surface area contributed by atoms with Gasteiger partial charge >= 0.3 is 0 Å². The average Bonchev–Trinajstić information content (AvgIpc) is 3.15. The molecule has 0 fully saturated rings. The van der Waals surface area contributed by atoms with Crippen LogP contribution in [0.4, 0.5) is 0 Å². The van der Waals surface area contributed by atoms with Gasteiger partial charge in [-0.3, -0.25) is 0 Å². The first kappa shape index (κ1) is 12.0. The Balaban J connectivity index is 2.00. The van der Waals surface area contributed by atoms with Crippen LogP contribution in [0, 0.1) is 11.3 Å². The normalized spacial score (nSPS) is 10.2. The maximum absolute atomic E-state index is 8.78. The predicted octanol–water partition coefficient (Wildman–Crippen LogP) is 2.61. The summed E-state index contributed by atoms with van der Waals surface area (Å²) in [5.74, 6) is 1.43. The van der Waals surface area contributed by atoms with Crippen LogP contribution in [0.15, 0.2) is 40.9 Å². The molecule has 20 heavy (non-hydrogen) atoms. The second kappa shape index (κ2) is 4.90. The lowest BCUT2D eigenvalue weighted by Crippen LogP contribution is -1.88. The van der Waals surface area contributed by atoms with E-state index in [0.717, 1.165) is 5.56 Å². The minimum absolute atomic E-state index is 0.326. The summed E-state index contributed by atoms with van der Waals surface area (Å²) >= 11 is 0. The van der Waals surface area contributed by atoms with E-state index < -0.39 is 0 Å². The molecule has 1 aromatic carbocycles. The Labute approximate surface area is 114 Å². The third-order valence-corrected chi connectivity index (χ3v) is 2.81. The van der Waals surface area contributed by atoms with Crippen LogP contribution >= 0.6 is 0 Å². The van der Waals surface area contributed by atoms with Crippen molar-refractivity contribution >= 4 is 0 Å². The van der Waals surface area contributed by atoms with Gasteiger partial charge in [0, 0.05) is 0 Å². The fraction of sp³-hybridized carbons (Fsp3) is 0.0714. The molecule has 0 amide bonds. The van der Waals surface area contributed by atoms with E-state index in [1.807, 2.05) is 30.3 Å². The lowest BCUT2D eigenvalue weighted by Gasteiger charge is -2.02. The van der Waals surface area contributed by atoms with Crippen molar-refractivity contribution in [2.75, 3.05) is 7.11 Å². The van der Waals surface area contributed by atoms with E-state index in [1.54, 1.807) is 19.2 Å². The molecule has 1 N–H and O–H groups in total. The number of methoxy groups -OCH3 is 1. The molecule has 0 radical (unpaired) electrons. The predicted molar refractivity (Wildman–Crippen MR) is 70.8 cm³/mol. The van der Waals surface area contributed by atoms with Crippen LogP contribution in [0.5, 0.6) is 5.75 Å². The minimum Gasteiger partial charge on any atom is -0.496 e. The van der Waals surface area contributed by atoms with Crippen molar-refractivity contribution in [2.45, 2.75) is 0 Å². The molecule has 98 valence electrons. The third kappa shape index (κ3) is 2.01. The van der Waals surface area contributed by atoms with Gasteiger partial charge in [0.15, 0.2) is 0 Å². The Morgan fingerprint density at radius 1 is 1.25 bits per heavy atom. The molecule has 0 aliphatic carbocycles. The number of para-hydroxylation sites is 1. The molecule has 0 saturated carbocycles. The molecule has 0 unspecified atom stereocenters. The quantitative estimate of drug-likeness (QED) is 0.787. The molecule has 3 rings (SSSR count). The van der Waals surface area contributed by atoms with Crippen molar-refractivity contribution < 1.29 is 9.26 Å². The number of aromatic amines is 1. The van der Waals surface area contributed by atoms with Crippen LogP contribution in [0.1, 0.15) is 5.69 Å². The Kier molecular flexibility index (Phi) is 2.94. The molecule has 0 atom stereocenters. The Morgan fingerprint density at radius 3 is 2.85 bits per heavy atom. The zero-order chi connectivity index (χ0) is 13.9. The standard InChI is InChI=1S/C14H10N4O2/c1-19-12-5-3-2-4-10(12)13-17-14(20-18-13)11-7-6-9(8-15)16-11/h2-7,16H,1H3. The van der Waals surface area contributed by atoms with Gasteiger partial charge in [-0.15, -0.1) is 0 Å². The Bertz CT molecular complexity index is 782. The van der Waals surface area contributed by atoms with Crippen LogP contribution in [0.2, 0.25) is 0 Å². The van der Waals surface area contributed by atoms with Crippen molar-refractivity contribution in [1.29, 1.82) is 5.26 Å². The van der Waals surface area contributed by atoms with E-state index >= 15 is 0 Å². The van der Waals surface area contributed by atoms with Crippen molar-refractivity contribution in [2.24, 2.45) is 0 Å². The van der Waals surface area contributed by atoms with Crippen LogP contribution in [-0.4, -0.2) is 22.2 Å². The van der Waals surface area contributed by atoms with Gasteiger partial charge in [-0.05, 0) is 24.3 Å². The highest BCUT2D eigenvalue weighted by molar-refractivity contribution is 5.65. The van der Waals surface area contributed by atoms with Gasteiger partial charge in [0.1, 0.15) is 23.2 Å². The molecule has 6 heteroatoms.